The summed E-state index contributed by atoms with van der Waals surface area (Å²) in [7, 11) is -0.486. The number of halogens is 1. The van der Waals surface area contributed by atoms with Crippen molar-refractivity contribution in [2.24, 2.45) is 0 Å². The number of anilines is 1. The molecule has 3 nitrogen and oxygen atoms in total. The molecule has 0 radical (unpaired) electrons. The van der Waals surface area contributed by atoms with E-state index in [2.05, 4.69) is 0 Å². The van der Waals surface area contributed by atoms with Crippen LogP contribution in [0.1, 0.15) is 13.8 Å². The quantitative estimate of drug-likeness (QED) is 0.552. The van der Waals surface area contributed by atoms with Gasteiger partial charge in [0.1, 0.15) is 5.82 Å². The number of nitrogens with two attached hydrogens (primary N) is 1. The fourth-order valence-electron chi connectivity index (χ4n) is 1.55. The molecule has 0 bridgehead atoms. The lowest BCUT2D eigenvalue weighted by Gasteiger charge is -2.16. The van der Waals surface area contributed by atoms with E-state index in [1.165, 1.54) is 12.1 Å². The lowest BCUT2D eigenvalue weighted by atomic mass is 9.78. The lowest BCUT2D eigenvalue weighted by molar-refractivity contribution is 0.137. The number of hydrogen-bond donors (Lipinski definition) is 1. The first-order valence-electron chi connectivity index (χ1n) is 4.82. The van der Waals surface area contributed by atoms with Crippen LogP contribution < -0.4 is 11.2 Å². The highest BCUT2D eigenvalue weighted by atomic mass is 19.1. The molecule has 0 amide bonds. The van der Waals surface area contributed by atoms with Gasteiger partial charge in [0.15, 0.2) is 0 Å². The maximum Gasteiger partial charge on any atom is 0.496 e. The highest BCUT2D eigenvalue weighted by Gasteiger charge is 2.39. The van der Waals surface area contributed by atoms with Crippen LogP contribution in [0.25, 0.3) is 0 Å². The molecule has 0 saturated carbocycles. The van der Waals surface area contributed by atoms with E-state index in [0.717, 1.165) is 0 Å². The Morgan fingerprint density at radius 3 is 2.73 bits per heavy atom. The van der Waals surface area contributed by atoms with Gasteiger partial charge in [0, 0.05) is 11.2 Å². The Labute approximate surface area is 88.5 Å². The Hall–Kier alpha value is -1.07. The first-order valence-corrected chi connectivity index (χ1v) is 4.82. The number of nitrogen functional groups attached to an aromatic ring is 1. The normalized spacial score (nSPS) is 19.5. The summed E-state index contributed by atoms with van der Waals surface area (Å²) >= 11 is 0. The topological polar surface area (TPSA) is 44.5 Å². The van der Waals surface area contributed by atoms with Crippen LogP contribution in [0.2, 0.25) is 0 Å². The molecule has 1 aromatic rings. The highest BCUT2D eigenvalue weighted by Crippen LogP contribution is 2.20. The van der Waals surface area contributed by atoms with Gasteiger partial charge in [-0.05, 0) is 26.0 Å². The Morgan fingerprint density at radius 1 is 1.47 bits per heavy atom. The van der Waals surface area contributed by atoms with Crippen molar-refractivity contribution in [3.05, 3.63) is 24.0 Å². The van der Waals surface area contributed by atoms with Gasteiger partial charge in [0.25, 0.3) is 0 Å². The Kier molecular flexibility index (Phi) is 2.44. The molecule has 1 fully saturated rings. The SMILES string of the molecule is CC1(C)COB(c2ccc(F)cc2N)O1. The first-order chi connectivity index (χ1) is 6.98. The second-order valence-electron chi connectivity index (χ2n) is 4.29. The minimum atomic E-state index is -0.486. The third kappa shape index (κ3) is 2.13. The van der Waals surface area contributed by atoms with Gasteiger partial charge in [-0.15, -0.1) is 0 Å². The molecule has 1 saturated heterocycles. The molecule has 15 heavy (non-hydrogen) atoms. The van der Waals surface area contributed by atoms with E-state index in [-0.39, 0.29) is 11.4 Å². The van der Waals surface area contributed by atoms with Crippen LogP contribution in [0.4, 0.5) is 10.1 Å². The van der Waals surface area contributed by atoms with Crippen molar-refractivity contribution in [1.82, 2.24) is 0 Å². The van der Waals surface area contributed by atoms with Crippen molar-refractivity contribution in [3.8, 4) is 0 Å². The molecule has 5 heteroatoms. The summed E-state index contributed by atoms with van der Waals surface area (Å²) in [5.41, 5.74) is 6.42. The fourth-order valence-corrected chi connectivity index (χ4v) is 1.55. The average Bonchev–Trinajstić information content (AvgIpc) is 2.46. The molecule has 1 aliphatic heterocycles. The molecule has 1 aromatic carbocycles. The fraction of sp³-hybridized carbons (Fsp3) is 0.400. The van der Waals surface area contributed by atoms with Crippen molar-refractivity contribution in [1.29, 1.82) is 0 Å². The van der Waals surface area contributed by atoms with Gasteiger partial charge >= 0.3 is 7.12 Å². The van der Waals surface area contributed by atoms with Gasteiger partial charge in [-0.2, -0.15) is 0 Å². The molecule has 0 atom stereocenters. The van der Waals surface area contributed by atoms with Crippen molar-refractivity contribution < 1.29 is 13.7 Å². The van der Waals surface area contributed by atoms with Crippen molar-refractivity contribution in [2.45, 2.75) is 19.4 Å². The lowest BCUT2D eigenvalue weighted by Crippen LogP contribution is -2.36. The molecule has 1 aliphatic rings. The molecule has 0 unspecified atom stereocenters. The maximum atomic E-state index is 12.8. The standard InChI is InChI=1S/C10H13BFNO2/c1-10(2)6-14-11(15-10)8-4-3-7(12)5-9(8)13/h3-5H,6,13H2,1-2H3. The monoisotopic (exact) mass is 209 g/mol. The zero-order valence-corrected chi connectivity index (χ0v) is 8.79. The van der Waals surface area contributed by atoms with Crippen LogP contribution in [-0.4, -0.2) is 19.3 Å². The average molecular weight is 209 g/mol. The zero-order valence-electron chi connectivity index (χ0n) is 8.79. The number of hydrogen-bond acceptors (Lipinski definition) is 3. The van der Waals surface area contributed by atoms with E-state index in [9.17, 15) is 4.39 Å². The predicted octanol–water partition coefficient (Wildman–Crippen LogP) is 0.928. The van der Waals surface area contributed by atoms with Gasteiger partial charge in [-0.3, -0.25) is 0 Å². The summed E-state index contributed by atoms with van der Waals surface area (Å²) < 4.78 is 23.9. The molecule has 2 rings (SSSR count). The predicted molar refractivity (Wildman–Crippen MR) is 57.3 cm³/mol. The van der Waals surface area contributed by atoms with Crippen LogP contribution in [0.5, 0.6) is 0 Å². The minimum absolute atomic E-state index is 0.314. The summed E-state index contributed by atoms with van der Waals surface area (Å²) in [6, 6.07) is 4.22. The van der Waals surface area contributed by atoms with Crippen LogP contribution in [0.3, 0.4) is 0 Å². The van der Waals surface area contributed by atoms with E-state index in [0.29, 0.717) is 17.8 Å². The van der Waals surface area contributed by atoms with Crippen LogP contribution in [0, 0.1) is 5.82 Å². The Bertz CT molecular complexity index is 384. The van der Waals surface area contributed by atoms with Crippen molar-refractivity contribution in [3.63, 3.8) is 0 Å². The second-order valence-corrected chi connectivity index (χ2v) is 4.29. The molecular formula is C10H13BFNO2. The summed E-state index contributed by atoms with van der Waals surface area (Å²) in [4.78, 5) is 0. The Balaban J connectivity index is 2.24. The van der Waals surface area contributed by atoms with Gasteiger partial charge in [0.05, 0.1) is 12.2 Å². The zero-order chi connectivity index (χ0) is 11.1. The smallest absolute Gasteiger partial charge is 0.404 e. The third-order valence-electron chi connectivity index (χ3n) is 2.31. The summed E-state index contributed by atoms with van der Waals surface area (Å²) in [5, 5.41) is 0. The minimum Gasteiger partial charge on any atom is -0.404 e. The molecular weight excluding hydrogens is 196 g/mol. The van der Waals surface area contributed by atoms with Crippen LogP contribution in [-0.2, 0) is 9.31 Å². The van der Waals surface area contributed by atoms with Crippen molar-refractivity contribution >= 4 is 18.3 Å². The molecule has 1 heterocycles. The van der Waals surface area contributed by atoms with E-state index < -0.39 is 7.12 Å². The number of benzene rings is 1. The van der Waals surface area contributed by atoms with E-state index in [4.69, 9.17) is 15.0 Å². The summed E-state index contributed by atoms with van der Waals surface area (Å²) in [6.45, 7) is 4.38. The second kappa shape index (κ2) is 3.50. The largest absolute Gasteiger partial charge is 0.496 e. The molecule has 0 aromatic heterocycles. The van der Waals surface area contributed by atoms with Crippen LogP contribution in [0.15, 0.2) is 18.2 Å². The van der Waals surface area contributed by atoms with Crippen LogP contribution >= 0.6 is 0 Å². The van der Waals surface area contributed by atoms with Gasteiger partial charge < -0.3 is 15.0 Å². The third-order valence-corrected chi connectivity index (χ3v) is 2.31. The summed E-state index contributed by atoms with van der Waals surface area (Å²) in [5.74, 6) is -0.353. The molecule has 2 N–H and O–H groups in total. The maximum absolute atomic E-state index is 12.8. The Morgan fingerprint density at radius 2 is 2.20 bits per heavy atom. The van der Waals surface area contributed by atoms with E-state index >= 15 is 0 Å². The van der Waals surface area contributed by atoms with Gasteiger partial charge in [-0.25, -0.2) is 4.39 Å². The number of rotatable bonds is 1. The van der Waals surface area contributed by atoms with Crippen molar-refractivity contribution in [2.75, 3.05) is 12.3 Å². The van der Waals surface area contributed by atoms with E-state index in [1.54, 1.807) is 6.07 Å². The van der Waals surface area contributed by atoms with E-state index in [1.807, 2.05) is 13.8 Å². The van der Waals surface area contributed by atoms with Gasteiger partial charge in [-0.1, -0.05) is 6.07 Å². The molecule has 80 valence electrons. The molecule has 0 spiro atoms. The van der Waals surface area contributed by atoms with Gasteiger partial charge in [0.2, 0.25) is 0 Å². The first kappa shape index (κ1) is 10.5. The molecule has 0 aliphatic carbocycles. The highest BCUT2D eigenvalue weighted by molar-refractivity contribution is 6.63. The summed E-state index contributed by atoms with van der Waals surface area (Å²) in [6.07, 6.45) is 0.